The molecule has 1 saturated carbocycles. The van der Waals surface area contributed by atoms with E-state index in [4.69, 9.17) is 10.5 Å². The highest BCUT2D eigenvalue weighted by Crippen LogP contribution is 2.33. The van der Waals surface area contributed by atoms with Gasteiger partial charge >= 0.3 is 0 Å². The molecule has 1 heterocycles. The quantitative estimate of drug-likeness (QED) is 0.573. The largest absolute Gasteiger partial charge is 0.370 e. The minimum absolute atomic E-state index is 0.0786. The second-order valence-electron chi connectivity index (χ2n) is 8.29. The van der Waals surface area contributed by atoms with Crippen molar-refractivity contribution in [2.24, 2.45) is 11.7 Å². The van der Waals surface area contributed by atoms with Crippen molar-refractivity contribution in [3.63, 3.8) is 0 Å². The fraction of sp³-hybridized carbons (Fsp3) is 0.571. The Balaban J connectivity index is 1.84. The summed E-state index contributed by atoms with van der Waals surface area (Å²) in [4.78, 5) is 40.2. The zero-order valence-electron chi connectivity index (χ0n) is 17.6. The fourth-order valence-corrected chi connectivity index (χ4v) is 3.74. The predicted molar refractivity (Wildman–Crippen MR) is 111 cm³/mol. The van der Waals surface area contributed by atoms with Gasteiger partial charge in [0.25, 0.3) is 18.2 Å². The lowest BCUT2D eigenvalue weighted by Gasteiger charge is -2.30. The number of ether oxygens (including phenoxy) is 1. The van der Waals surface area contributed by atoms with Crippen LogP contribution < -0.4 is 16.0 Å². The Morgan fingerprint density at radius 2 is 2.03 bits per heavy atom. The number of nitrogens with zero attached hydrogens (tertiary/aromatic N) is 2. The molecule has 0 bridgehead atoms. The lowest BCUT2D eigenvalue weighted by molar-refractivity contribution is -0.133. The van der Waals surface area contributed by atoms with Crippen LogP contribution in [-0.2, 0) is 19.1 Å². The number of anilines is 2. The average Bonchev–Trinajstić information content (AvgIpc) is 3.52. The van der Waals surface area contributed by atoms with Gasteiger partial charge in [-0.15, -0.1) is 0 Å². The Morgan fingerprint density at radius 1 is 1.32 bits per heavy atom. The first-order valence-corrected chi connectivity index (χ1v) is 10.3. The van der Waals surface area contributed by atoms with E-state index >= 15 is 0 Å². The molecule has 0 spiro atoms. The molecule has 1 atom stereocenters. The van der Waals surface area contributed by atoms with E-state index in [0.717, 1.165) is 12.8 Å². The van der Waals surface area contributed by atoms with Crippen LogP contribution in [0.2, 0.25) is 0 Å². The predicted octanol–water partition coefficient (Wildman–Crippen LogP) is 1.90. The van der Waals surface area contributed by atoms with Crippen LogP contribution in [0.4, 0.5) is 20.2 Å². The van der Waals surface area contributed by atoms with Gasteiger partial charge in [-0.2, -0.15) is 0 Å². The highest BCUT2D eigenvalue weighted by Gasteiger charge is 2.40. The van der Waals surface area contributed by atoms with Crippen LogP contribution >= 0.6 is 0 Å². The van der Waals surface area contributed by atoms with E-state index < -0.39 is 29.8 Å². The van der Waals surface area contributed by atoms with Crippen LogP contribution in [0.5, 0.6) is 0 Å². The van der Waals surface area contributed by atoms with Gasteiger partial charge in [-0.1, -0.05) is 13.8 Å². The first kappa shape index (κ1) is 23.1. The summed E-state index contributed by atoms with van der Waals surface area (Å²) >= 11 is 0. The molecule has 170 valence electrons. The summed E-state index contributed by atoms with van der Waals surface area (Å²) in [5.74, 6) is -1.70. The third-order valence-electron chi connectivity index (χ3n) is 5.27. The van der Waals surface area contributed by atoms with Gasteiger partial charge in [0, 0.05) is 36.1 Å². The van der Waals surface area contributed by atoms with Crippen LogP contribution in [0.15, 0.2) is 18.2 Å². The van der Waals surface area contributed by atoms with Crippen LogP contribution in [0.1, 0.15) is 38.7 Å². The van der Waals surface area contributed by atoms with Crippen molar-refractivity contribution in [2.45, 2.75) is 45.2 Å². The normalized spacial score (nSPS) is 18.0. The maximum atomic E-state index is 13.8. The molecule has 1 saturated heterocycles. The number of carbonyl (C=O) groups is 3. The molecule has 2 aliphatic rings. The zero-order valence-corrected chi connectivity index (χ0v) is 17.6. The molecule has 3 N–H and O–H groups in total. The lowest BCUT2D eigenvalue weighted by Crippen LogP contribution is -2.54. The van der Waals surface area contributed by atoms with E-state index in [1.165, 1.54) is 23.1 Å². The minimum Gasteiger partial charge on any atom is -0.370 e. The highest BCUT2D eigenvalue weighted by atomic mass is 19.3. The number of alkyl halides is 2. The first-order valence-electron chi connectivity index (χ1n) is 10.3. The monoisotopic (exact) mass is 438 g/mol. The number of rotatable bonds is 9. The van der Waals surface area contributed by atoms with Gasteiger partial charge in [-0.05, 0) is 37.0 Å². The Hall–Kier alpha value is -2.59. The molecular weight excluding hydrogens is 410 g/mol. The van der Waals surface area contributed by atoms with Crippen molar-refractivity contribution >= 4 is 29.1 Å². The fourth-order valence-electron chi connectivity index (χ4n) is 3.74. The summed E-state index contributed by atoms with van der Waals surface area (Å²) in [5, 5.41) is 2.46. The van der Waals surface area contributed by atoms with E-state index in [0.29, 0.717) is 18.8 Å². The Morgan fingerprint density at radius 3 is 2.58 bits per heavy atom. The number of carbonyl (C=O) groups excluding carboxylic acids is 3. The number of hydrogen-bond acceptors (Lipinski definition) is 5. The number of morpholine rings is 1. The Bertz CT molecular complexity index is 845. The molecule has 1 aromatic rings. The van der Waals surface area contributed by atoms with Gasteiger partial charge in [-0.25, -0.2) is 8.78 Å². The number of primary amides is 1. The minimum atomic E-state index is -2.89. The van der Waals surface area contributed by atoms with E-state index in [1.54, 1.807) is 4.90 Å². The van der Waals surface area contributed by atoms with Crippen LogP contribution in [0.25, 0.3) is 0 Å². The van der Waals surface area contributed by atoms with Gasteiger partial charge in [0.05, 0.1) is 6.61 Å². The molecule has 3 rings (SSSR count). The molecule has 0 aromatic heterocycles. The number of nitrogens with two attached hydrogens (primary N) is 1. The molecule has 10 heteroatoms. The second kappa shape index (κ2) is 9.69. The van der Waals surface area contributed by atoms with Gasteiger partial charge in [0.2, 0.25) is 5.91 Å². The molecule has 0 radical (unpaired) electrons. The van der Waals surface area contributed by atoms with Crippen molar-refractivity contribution in [3.8, 4) is 0 Å². The standard InChI is InChI=1S/C21H28F2N4O4/c1-12(2)10-27(13-3-4-13)18(20(24)29)21(30)25-16-6-5-14(9-15(16)19(22)23)26-7-8-31-11-17(26)28/h5-6,9,12-13,18-19H,3-4,7-8,10-11H2,1-2H3,(H2,24,29)(H,25,30)/t18-/m1/s1. The molecule has 3 amide bonds. The van der Waals surface area contributed by atoms with E-state index in [-0.39, 0.29) is 36.7 Å². The van der Waals surface area contributed by atoms with Gasteiger partial charge in [-0.3, -0.25) is 19.3 Å². The summed E-state index contributed by atoms with van der Waals surface area (Å²) in [6.45, 7) is 4.86. The SMILES string of the molecule is CC(C)CN(C1CC1)[C@H](C(N)=O)C(=O)Nc1ccc(N2CCOCC2=O)cc1C(F)F. The molecule has 0 unspecified atom stereocenters. The van der Waals surface area contributed by atoms with Crippen molar-refractivity contribution in [1.82, 2.24) is 4.90 Å². The van der Waals surface area contributed by atoms with E-state index in [9.17, 15) is 23.2 Å². The second-order valence-corrected chi connectivity index (χ2v) is 8.29. The van der Waals surface area contributed by atoms with Gasteiger partial charge < -0.3 is 20.7 Å². The first-order chi connectivity index (χ1) is 14.7. The molecule has 31 heavy (non-hydrogen) atoms. The van der Waals surface area contributed by atoms with Crippen molar-refractivity contribution < 1.29 is 27.9 Å². The maximum Gasteiger partial charge on any atom is 0.265 e. The topological polar surface area (TPSA) is 105 Å². The van der Waals surface area contributed by atoms with Gasteiger partial charge in [0.15, 0.2) is 6.04 Å². The third kappa shape index (κ3) is 5.56. The Kier molecular flexibility index (Phi) is 7.22. The number of hydrogen-bond donors (Lipinski definition) is 2. The zero-order chi connectivity index (χ0) is 22.7. The summed E-state index contributed by atoms with van der Waals surface area (Å²) in [7, 11) is 0. The maximum absolute atomic E-state index is 13.8. The van der Waals surface area contributed by atoms with Crippen LogP contribution in [-0.4, -0.2) is 61.0 Å². The number of benzene rings is 1. The third-order valence-corrected chi connectivity index (χ3v) is 5.27. The summed E-state index contributed by atoms with van der Waals surface area (Å²) in [5.41, 5.74) is 5.27. The summed E-state index contributed by atoms with van der Waals surface area (Å²) < 4.78 is 32.6. The van der Waals surface area contributed by atoms with Crippen LogP contribution in [0.3, 0.4) is 0 Å². The van der Waals surface area contributed by atoms with E-state index in [1.807, 2.05) is 13.8 Å². The molecule has 2 fully saturated rings. The smallest absolute Gasteiger partial charge is 0.265 e. The molecule has 8 nitrogen and oxygen atoms in total. The molecule has 1 aliphatic carbocycles. The molecular formula is C21H28F2N4O4. The summed E-state index contributed by atoms with van der Waals surface area (Å²) in [6.07, 6.45) is -1.18. The van der Waals surface area contributed by atoms with Crippen LogP contribution in [0, 0.1) is 5.92 Å². The number of nitrogens with one attached hydrogen (secondary N) is 1. The lowest BCUT2D eigenvalue weighted by atomic mass is 10.1. The molecule has 1 aromatic carbocycles. The summed E-state index contributed by atoms with van der Waals surface area (Å²) in [6, 6.07) is 2.81. The number of amides is 3. The van der Waals surface area contributed by atoms with Crippen molar-refractivity contribution in [1.29, 1.82) is 0 Å². The average molecular weight is 438 g/mol. The molecule has 1 aliphatic heterocycles. The van der Waals surface area contributed by atoms with E-state index in [2.05, 4.69) is 5.32 Å². The number of halogens is 2. The van der Waals surface area contributed by atoms with Crippen molar-refractivity contribution in [2.75, 3.05) is 36.5 Å². The highest BCUT2D eigenvalue weighted by molar-refractivity contribution is 6.10. The van der Waals surface area contributed by atoms with Crippen molar-refractivity contribution in [3.05, 3.63) is 23.8 Å². The van der Waals surface area contributed by atoms with Gasteiger partial charge in [0.1, 0.15) is 6.61 Å². The Labute approximate surface area is 179 Å².